The van der Waals surface area contributed by atoms with Crippen LogP contribution in [-0.2, 0) is 20.9 Å². The molecule has 0 saturated heterocycles. The Morgan fingerprint density at radius 2 is 0.826 bits per heavy atom. The summed E-state index contributed by atoms with van der Waals surface area (Å²) in [6.07, 6.45) is -1.10. The molecule has 7 heteroatoms. The van der Waals surface area contributed by atoms with Crippen LogP contribution in [0.4, 0.5) is 4.79 Å². The van der Waals surface area contributed by atoms with Crippen LogP contribution in [0.15, 0.2) is 3.34 Å². The average Bonchev–Trinajstić information content (AvgIpc) is 2.38. The van der Waals surface area contributed by atoms with E-state index in [2.05, 4.69) is 81.6 Å². The zero-order valence-electron chi connectivity index (χ0n) is 17.1. The molecule has 0 radical (unpaired) electrons. The number of hydrogen-bond donors (Lipinski definition) is 1. The van der Waals surface area contributed by atoms with E-state index in [9.17, 15) is 4.79 Å². The van der Waals surface area contributed by atoms with Gasteiger partial charge in [-0.15, -0.1) is 16.6 Å². The molecule has 0 aliphatic heterocycles. The normalized spacial score (nSPS) is 10.7. The molecule has 0 heterocycles. The van der Waals surface area contributed by atoms with Gasteiger partial charge in [0, 0.05) is 0 Å². The molecule has 0 aromatic carbocycles. The van der Waals surface area contributed by atoms with E-state index in [0.29, 0.717) is 0 Å². The molecule has 6 nitrogen and oxygen atoms in total. The quantitative estimate of drug-likeness (QED) is 0.514. The predicted octanol–water partition coefficient (Wildman–Crippen LogP) is 5.76. The van der Waals surface area contributed by atoms with Crippen molar-refractivity contribution >= 4 is 6.09 Å². The maximum absolute atomic E-state index is 9.21. The van der Waals surface area contributed by atoms with Gasteiger partial charge in [-0.3, -0.25) is 0 Å². The van der Waals surface area contributed by atoms with E-state index < -0.39 is 6.09 Å². The fourth-order valence-corrected chi connectivity index (χ4v) is 0. The van der Waals surface area contributed by atoms with E-state index in [1.807, 2.05) is 21.1 Å². The van der Waals surface area contributed by atoms with E-state index in [1.54, 1.807) is 0 Å². The van der Waals surface area contributed by atoms with E-state index in [-0.39, 0.29) is 16.6 Å². The van der Waals surface area contributed by atoms with Crippen molar-refractivity contribution in [2.45, 2.75) is 78.9 Å². The van der Waals surface area contributed by atoms with Gasteiger partial charge < -0.3 is 16.0 Å². The third-order valence-corrected chi connectivity index (χ3v) is 2.52. The second-order valence-corrected chi connectivity index (χ2v) is 8.06. The SMILES string of the molecule is C[N-]C(C)(C)C.C[N-]C(C)(C)C.C[N-]C(C)(C)C.O=C(O)[N]=[Nb]. The molecule has 1 N–H and O–H groups in total. The molecule has 0 aromatic rings. The predicted molar refractivity (Wildman–Crippen MR) is 97.6 cm³/mol. The summed E-state index contributed by atoms with van der Waals surface area (Å²) < 4.78 is 2.86. The molecule has 0 rings (SSSR count). The number of hydrogen-bond acceptors (Lipinski definition) is 1. The minimum absolute atomic E-state index is 0.167. The van der Waals surface area contributed by atoms with Crippen molar-refractivity contribution in [2.24, 2.45) is 3.34 Å². The van der Waals surface area contributed by atoms with E-state index in [1.165, 1.54) is 0 Å². The van der Waals surface area contributed by atoms with Crippen molar-refractivity contribution in [1.82, 2.24) is 0 Å². The van der Waals surface area contributed by atoms with Gasteiger partial charge in [-0.25, -0.2) is 0 Å². The second kappa shape index (κ2) is 15.4. The molecule has 0 unspecified atom stereocenters. The van der Waals surface area contributed by atoms with Crippen LogP contribution in [0.3, 0.4) is 0 Å². The third-order valence-electron chi connectivity index (χ3n) is 2.10. The summed E-state index contributed by atoms with van der Waals surface area (Å²) >= 11 is 0.927. The van der Waals surface area contributed by atoms with Gasteiger partial charge in [0.2, 0.25) is 0 Å². The molecule has 0 aromatic heterocycles. The standard InChI is InChI=1S/3C5H12N.CHNO2.Nb/c3*1-5(2,3)6-4;2-1(3)4;/h3*1-4H3;(H,3,4);/q3*-1;;. The first kappa shape index (κ1) is 30.7. The zero-order chi connectivity index (χ0) is 19.9. The number of carbonyl (C=O) groups is 1. The average molecular weight is 410 g/mol. The van der Waals surface area contributed by atoms with Gasteiger partial charge in [0.1, 0.15) is 0 Å². The Bertz CT molecular complexity index is 257. The number of rotatable bonds is 0. The minimum atomic E-state index is -1.10. The molecular formula is C16H37N4NbO2-3. The van der Waals surface area contributed by atoms with Gasteiger partial charge in [-0.05, 0) is 0 Å². The first-order valence-electron chi connectivity index (χ1n) is 7.36. The first-order chi connectivity index (χ1) is 9.95. The Labute approximate surface area is 156 Å². The molecule has 23 heavy (non-hydrogen) atoms. The van der Waals surface area contributed by atoms with Gasteiger partial charge in [-0.2, -0.15) is 21.1 Å². The monoisotopic (exact) mass is 410 g/mol. The van der Waals surface area contributed by atoms with E-state index in [0.717, 1.165) is 20.9 Å². The molecule has 0 atom stereocenters. The van der Waals surface area contributed by atoms with Crippen LogP contribution in [0, 0.1) is 0 Å². The van der Waals surface area contributed by atoms with Crippen molar-refractivity contribution in [3.05, 3.63) is 16.0 Å². The van der Waals surface area contributed by atoms with Gasteiger partial charge >= 0.3 is 40.2 Å². The van der Waals surface area contributed by atoms with Gasteiger partial charge in [0.15, 0.2) is 0 Å². The molecule has 0 bridgehead atoms. The Morgan fingerprint density at radius 1 is 0.739 bits per heavy atom. The molecule has 1 amide bonds. The molecule has 0 saturated carbocycles. The number of carboxylic acid groups (broad SMARTS) is 1. The maximum atomic E-state index is 9.21. The molecule has 141 valence electrons. The Balaban J connectivity index is -0.000000105. The molecule has 0 aliphatic rings. The van der Waals surface area contributed by atoms with E-state index in [4.69, 9.17) is 5.11 Å². The summed E-state index contributed by atoms with van der Waals surface area (Å²) in [5.41, 5.74) is 0.500. The Hall–Kier alpha value is -0.110. The molecule has 0 aliphatic carbocycles. The van der Waals surface area contributed by atoms with E-state index >= 15 is 0 Å². The number of nitrogens with zero attached hydrogens (tertiary/aromatic N) is 4. The fourth-order valence-electron chi connectivity index (χ4n) is 0. The van der Waals surface area contributed by atoms with Crippen molar-refractivity contribution in [2.75, 3.05) is 21.1 Å². The van der Waals surface area contributed by atoms with Gasteiger partial charge in [-0.1, -0.05) is 62.3 Å². The van der Waals surface area contributed by atoms with Crippen LogP contribution >= 0.6 is 0 Å². The van der Waals surface area contributed by atoms with Crippen LogP contribution in [-0.4, -0.2) is 49.0 Å². The fraction of sp³-hybridized carbons (Fsp3) is 0.938. The molecule has 0 fully saturated rings. The Kier molecular flexibility index (Phi) is 20.6. The number of amides is 1. The van der Waals surface area contributed by atoms with Crippen LogP contribution in [0.5, 0.6) is 0 Å². The zero-order valence-corrected chi connectivity index (χ0v) is 19.3. The van der Waals surface area contributed by atoms with Crippen molar-refractivity contribution in [3.63, 3.8) is 0 Å². The molecule has 0 spiro atoms. The van der Waals surface area contributed by atoms with Crippen LogP contribution in [0.1, 0.15) is 62.3 Å². The van der Waals surface area contributed by atoms with Crippen molar-refractivity contribution < 1.29 is 30.8 Å². The summed E-state index contributed by atoms with van der Waals surface area (Å²) in [6, 6.07) is 0. The van der Waals surface area contributed by atoms with Crippen LogP contribution in [0.25, 0.3) is 16.0 Å². The van der Waals surface area contributed by atoms with Gasteiger partial charge in [0.05, 0.1) is 0 Å². The summed E-state index contributed by atoms with van der Waals surface area (Å²) in [5, 5.41) is 19.6. The van der Waals surface area contributed by atoms with Crippen LogP contribution in [0.2, 0.25) is 0 Å². The summed E-state index contributed by atoms with van der Waals surface area (Å²) in [7, 11) is 5.50. The third kappa shape index (κ3) is 73.0. The summed E-state index contributed by atoms with van der Waals surface area (Å²) in [5.74, 6) is 0. The van der Waals surface area contributed by atoms with Gasteiger partial charge in [0.25, 0.3) is 0 Å². The van der Waals surface area contributed by atoms with Crippen LogP contribution < -0.4 is 0 Å². The second-order valence-electron chi connectivity index (χ2n) is 7.57. The molecular weight excluding hydrogens is 373 g/mol. The summed E-state index contributed by atoms with van der Waals surface area (Å²) in [4.78, 5) is 9.21. The summed E-state index contributed by atoms with van der Waals surface area (Å²) in [6.45, 7) is 18.7. The van der Waals surface area contributed by atoms with Crippen molar-refractivity contribution in [3.8, 4) is 0 Å². The topological polar surface area (TPSA) is 92.0 Å². The Morgan fingerprint density at radius 3 is 0.826 bits per heavy atom. The van der Waals surface area contributed by atoms with Crippen molar-refractivity contribution in [1.29, 1.82) is 0 Å². The first-order valence-corrected chi connectivity index (χ1v) is 8.35.